The Morgan fingerprint density at radius 1 is 0.933 bits per heavy atom. The van der Waals surface area contributed by atoms with Crippen LogP contribution in [0.25, 0.3) is 11.1 Å². The van der Waals surface area contributed by atoms with Crippen LogP contribution in [0.1, 0.15) is 23.6 Å². The highest BCUT2D eigenvalue weighted by Gasteiger charge is 2.29. The summed E-state index contributed by atoms with van der Waals surface area (Å²) in [5.41, 5.74) is 2.79. The maximum Gasteiger partial charge on any atom is 0.407 e. The standard InChI is InChI=1S/C22H25NO7/c1-26-17-9-7-13-14(11-16(17)24)15(23-22(25)30-5)8-6-12-10-18(27-2)20(28-3)21(29-4)19(12)13/h7,9-11,15H,6,8H2,1-5H3,(H,23,25). The Morgan fingerprint density at radius 3 is 2.23 bits per heavy atom. The third-order valence-corrected chi connectivity index (χ3v) is 5.20. The first-order chi connectivity index (χ1) is 14.5. The van der Waals surface area contributed by atoms with Crippen molar-refractivity contribution in [1.82, 2.24) is 5.32 Å². The van der Waals surface area contributed by atoms with Crippen molar-refractivity contribution in [1.29, 1.82) is 0 Å². The van der Waals surface area contributed by atoms with Gasteiger partial charge in [-0.3, -0.25) is 4.79 Å². The Labute approximate surface area is 174 Å². The first-order valence-electron chi connectivity index (χ1n) is 9.37. The molecule has 30 heavy (non-hydrogen) atoms. The van der Waals surface area contributed by atoms with Crippen LogP contribution >= 0.6 is 0 Å². The second-order valence-corrected chi connectivity index (χ2v) is 6.69. The number of methoxy groups -OCH3 is 5. The molecule has 8 heteroatoms. The molecule has 1 aliphatic carbocycles. The number of rotatable bonds is 5. The van der Waals surface area contributed by atoms with Crippen molar-refractivity contribution < 1.29 is 28.5 Å². The predicted molar refractivity (Wildman–Crippen MR) is 111 cm³/mol. The molecule has 1 amide bonds. The highest BCUT2D eigenvalue weighted by molar-refractivity contribution is 5.83. The van der Waals surface area contributed by atoms with E-state index in [0.29, 0.717) is 35.7 Å². The summed E-state index contributed by atoms with van der Waals surface area (Å²) in [4.78, 5) is 24.7. The number of alkyl carbamates (subject to hydrolysis) is 1. The van der Waals surface area contributed by atoms with Crippen LogP contribution < -0.4 is 29.7 Å². The predicted octanol–water partition coefficient (Wildman–Crippen LogP) is 3.09. The normalized spacial score (nSPS) is 14.5. The number of carbonyl (C=O) groups is 1. The number of hydrogen-bond donors (Lipinski definition) is 1. The lowest BCUT2D eigenvalue weighted by molar-refractivity contribution is 0.166. The molecule has 1 unspecified atom stereocenters. The summed E-state index contributed by atoms with van der Waals surface area (Å²) < 4.78 is 26.8. The molecule has 2 aromatic carbocycles. The summed E-state index contributed by atoms with van der Waals surface area (Å²) in [6, 6.07) is 6.33. The fourth-order valence-electron chi connectivity index (χ4n) is 3.82. The second-order valence-electron chi connectivity index (χ2n) is 6.69. The number of carbonyl (C=O) groups excluding carboxylic acids is 1. The summed E-state index contributed by atoms with van der Waals surface area (Å²) in [7, 11) is 7.39. The van der Waals surface area contributed by atoms with E-state index in [1.807, 2.05) is 6.07 Å². The lowest BCUT2D eigenvalue weighted by Gasteiger charge is -2.19. The monoisotopic (exact) mass is 415 g/mol. The zero-order valence-corrected chi connectivity index (χ0v) is 17.7. The maximum atomic E-state index is 12.7. The van der Waals surface area contributed by atoms with E-state index < -0.39 is 12.1 Å². The second kappa shape index (κ2) is 8.94. The van der Waals surface area contributed by atoms with E-state index in [1.165, 1.54) is 27.4 Å². The summed E-state index contributed by atoms with van der Waals surface area (Å²) in [6.07, 6.45) is 0.564. The van der Waals surface area contributed by atoms with Crippen molar-refractivity contribution in [3.63, 3.8) is 0 Å². The van der Waals surface area contributed by atoms with Crippen molar-refractivity contribution >= 4 is 6.09 Å². The molecule has 160 valence electrons. The van der Waals surface area contributed by atoms with Gasteiger partial charge in [-0.1, -0.05) is 6.07 Å². The number of aryl methyl sites for hydroxylation is 1. The minimum Gasteiger partial charge on any atom is -0.493 e. The molecule has 8 nitrogen and oxygen atoms in total. The van der Waals surface area contributed by atoms with Crippen molar-refractivity contribution in [3.8, 4) is 34.1 Å². The van der Waals surface area contributed by atoms with E-state index in [4.69, 9.17) is 23.7 Å². The van der Waals surface area contributed by atoms with Crippen LogP contribution in [0.4, 0.5) is 4.79 Å². The molecule has 0 heterocycles. The minimum atomic E-state index is -0.579. The van der Waals surface area contributed by atoms with Crippen molar-refractivity contribution in [2.45, 2.75) is 18.9 Å². The Hall–Kier alpha value is -3.42. The van der Waals surface area contributed by atoms with Gasteiger partial charge in [-0.25, -0.2) is 4.79 Å². The summed E-state index contributed by atoms with van der Waals surface area (Å²) in [5.74, 6) is 1.67. The van der Waals surface area contributed by atoms with Gasteiger partial charge in [0.2, 0.25) is 11.2 Å². The number of hydrogen-bond acceptors (Lipinski definition) is 7. The van der Waals surface area contributed by atoms with Gasteiger partial charge in [-0.2, -0.15) is 0 Å². The van der Waals surface area contributed by atoms with Gasteiger partial charge in [-0.05, 0) is 47.7 Å². The molecule has 2 aromatic rings. The van der Waals surface area contributed by atoms with Gasteiger partial charge in [-0.15, -0.1) is 0 Å². The van der Waals surface area contributed by atoms with Gasteiger partial charge in [0.05, 0.1) is 41.6 Å². The molecular weight excluding hydrogens is 390 g/mol. The van der Waals surface area contributed by atoms with E-state index in [1.54, 1.807) is 26.4 Å². The van der Waals surface area contributed by atoms with Crippen LogP contribution in [0.2, 0.25) is 0 Å². The third kappa shape index (κ3) is 3.72. The van der Waals surface area contributed by atoms with E-state index in [9.17, 15) is 9.59 Å². The van der Waals surface area contributed by atoms with E-state index in [2.05, 4.69) is 5.32 Å². The van der Waals surface area contributed by atoms with Crippen LogP contribution in [-0.2, 0) is 11.2 Å². The van der Waals surface area contributed by atoms with Crippen LogP contribution in [0.15, 0.2) is 29.1 Å². The topological polar surface area (TPSA) is 92.3 Å². The van der Waals surface area contributed by atoms with Crippen molar-refractivity contribution in [2.24, 2.45) is 0 Å². The molecule has 3 rings (SSSR count). The van der Waals surface area contributed by atoms with Crippen molar-refractivity contribution in [3.05, 3.63) is 45.6 Å². The lowest BCUT2D eigenvalue weighted by atomic mass is 9.95. The zero-order chi connectivity index (χ0) is 21.8. The highest BCUT2D eigenvalue weighted by Crippen LogP contribution is 2.50. The molecule has 0 saturated carbocycles. The van der Waals surface area contributed by atoms with Gasteiger partial charge in [0.1, 0.15) is 0 Å². The van der Waals surface area contributed by atoms with Gasteiger partial charge in [0, 0.05) is 5.56 Å². The van der Waals surface area contributed by atoms with Crippen LogP contribution in [0, 0.1) is 0 Å². The molecular formula is C22H25NO7. The third-order valence-electron chi connectivity index (χ3n) is 5.20. The molecule has 0 aromatic heterocycles. The van der Waals surface area contributed by atoms with Gasteiger partial charge in [0.15, 0.2) is 17.2 Å². The molecule has 0 saturated heterocycles. The number of ether oxygens (including phenoxy) is 5. The SMILES string of the molecule is COC(=O)NC1CCc2cc(OC)c(OC)c(OC)c2-c2ccc(OC)c(=O)cc21. The number of benzene rings is 1. The maximum absolute atomic E-state index is 12.7. The first-order valence-corrected chi connectivity index (χ1v) is 9.37. The van der Waals surface area contributed by atoms with Gasteiger partial charge in [0.25, 0.3) is 0 Å². The Morgan fingerprint density at radius 2 is 1.63 bits per heavy atom. The fourth-order valence-corrected chi connectivity index (χ4v) is 3.82. The molecule has 0 fully saturated rings. The Bertz CT molecular complexity index is 1020. The van der Waals surface area contributed by atoms with Gasteiger partial charge >= 0.3 is 6.09 Å². The molecule has 1 atom stereocenters. The van der Waals surface area contributed by atoms with Crippen LogP contribution in [0.5, 0.6) is 23.0 Å². The zero-order valence-electron chi connectivity index (χ0n) is 17.7. The van der Waals surface area contributed by atoms with Crippen molar-refractivity contribution in [2.75, 3.05) is 35.5 Å². The number of fused-ring (bicyclic) bond motifs is 3. The average molecular weight is 415 g/mol. The Balaban J connectivity index is 2.38. The van der Waals surface area contributed by atoms with E-state index >= 15 is 0 Å². The Kier molecular flexibility index (Phi) is 6.34. The average Bonchev–Trinajstić information content (AvgIpc) is 3.00. The molecule has 1 N–H and O–H groups in total. The molecule has 1 aliphatic rings. The summed E-state index contributed by atoms with van der Waals surface area (Å²) in [5, 5.41) is 2.83. The fraction of sp³-hybridized carbons (Fsp3) is 0.364. The quantitative estimate of drug-likeness (QED) is 0.802. The summed E-state index contributed by atoms with van der Waals surface area (Å²) in [6.45, 7) is 0. The molecule has 0 bridgehead atoms. The smallest absolute Gasteiger partial charge is 0.407 e. The molecule has 0 aliphatic heterocycles. The first kappa shape index (κ1) is 21.3. The molecule has 0 spiro atoms. The molecule has 0 radical (unpaired) electrons. The minimum absolute atomic E-state index is 0.195. The van der Waals surface area contributed by atoms with E-state index in [-0.39, 0.29) is 11.2 Å². The highest BCUT2D eigenvalue weighted by atomic mass is 16.5. The van der Waals surface area contributed by atoms with Gasteiger partial charge < -0.3 is 29.0 Å². The largest absolute Gasteiger partial charge is 0.493 e. The van der Waals surface area contributed by atoms with Crippen LogP contribution in [-0.4, -0.2) is 41.6 Å². The van der Waals surface area contributed by atoms with Crippen LogP contribution in [0.3, 0.4) is 0 Å². The number of nitrogens with one attached hydrogen (secondary N) is 1. The lowest BCUT2D eigenvalue weighted by Crippen LogP contribution is -2.28. The number of amides is 1. The van der Waals surface area contributed by atoms with E-state index in [0.717, 1.165) is 16.7 Å². The summed E-state index contributed by atoms with van der Waals surface area (Å²) >= 11 is 0.